The number of rotatable bonds is 8. The number of hydrogen-bond acceptors (Lipinski definition) is 3. The summed E-state index contributed by atoms with van der Waals surface area (Å²) < 4.78 is 11.0. The lowest BCUT2D eigenvalue weighted by Gasteiger charge is -2.21. The van der Waals surface area contributed by atoms with Gasteiger partial charge in [-0.2, -0.15) is 0 Å². The Kier molecular flexibility index (Phi) is 7.03. The van der Waals surface area contributed by atoms with E-state index in [1.165, 1.54) is 5.56 Å². The van der Waals surface area contributed by atoms with Crippen LogP contribution in [0.1, 0.15) is 45.7 Å². The van der Waals surface area contributed by atoms with Crippen molar-refractivity contribution in [3.63, 3.8) is 0 Å². The number of hydrogen-bond donors (Lipinski definition) is 1. The minimum absolute atomic E-state index is 0.242. The lowest BCUT2D eigenvalue weighted by atomic mass is 9.93. The van der Waals surface area contributed by atoms with Crippen molar-refractivity contribution in [2.75, 3.05) is 26.9 Å². The number of benzene rings is 1. The van der Waals surface area contributed by atoms with Crippen LogP contribution in [-0.4, -0.2) is 26.9 Å². The van der Waals surface area contributed by atoms with Crippen molar-refractivity contribution >= 4 is 0 Å². The molecule has 1 aromatic carbocycles. The lowest BCUT2D eigenvalue weighted by Crippen LogP contribution is -2.26. The Hall–Kier alpha value is -1.06. The monoisotopic (exact) mass is 279 g/mol. The standard InChI is InChI=1S/C17H29NO2/c1-6-18-16(13-20-12-11-17(2,3)4)14-7-9-15(19-5)10-8-14/h7-10,16,18H,6,11-13H2,1-5H3. The minimum atomic E-state index is 0.242. The predicted molar refractivity (Wildman–Crippen MR) is 84.3 cm³/mol. The molecule has 0 fully saturated rings. The molecule has 1 N–H and O–H groups in total. The van der Waals surface area contributed by atoms with E-state index in [4.69, 9.17) is 9.47 Å². The van der Waals surface area contributed by atoms with Gasteiger partial charge in [0.1, 0.15) is 5.75 Å². The average Bonchev–Trinajstić information content (AvgIpc) is 2.41. The fourth-order valence-electron chi connectivity index (χ4n) is 1.94. The van der Waals surface area contributed by atoms with E-state index in [1.807, 2.05) is 12.1 Å². The zero-order valence-corrected chi connectivity index (χ0v) is 13.5. The average molecular weight is 279 g/mol. The molecule has 1 aromatic rings. The van der Waals surface area contributed by atoms with Crippen molar-refractivity contribution in [1.82, 2.24) is 5.32 Å². The second-order valence-corrected chi connectivity index (χ2v) is 6.27. The zero-order chi connectivity index (χ0) is 15.0. The Balaban J connectivity index is 2.50. The number of likely N-dealkylation sites (N-methyl/N-ethyl adjacent to an activating group) is 1. The van der Waals surface area contributed by atoms with E-state index in [-0.39, 0.29) is 6.04 Å². The third-order valence-corrected chi connectivity index (χ3v) is 3.25. The molecular formula is C17H29NO2. The van der Waals surface area contributed by atoms with Crippen LogP contribution in [0, 0.1) is 5.41 Å². The SMILES string of the molecule is CCNC(COCCC(C)(C)C)c1ccc(OC)cc1. The van der Waals surface area contributed by atoms with E-state index in [1.54, 1.807) is 7.11 Å². The lowest BCUT2D eigenvalue weighted by molar-refractivity contribution is 0.0901. The summed E-state index contributed by atoms with van der Waals surface area (Å²) >= 11 is 0. The molecule has 0 aliphatic rings. The van der Waals surface area contributed by atoms with Crippen LogP contribution in [0.15, 0.2) is 24.3 Å². The third-order valence-electron chi connectivity index (χ3n) is 3.25. The molecule has 0 aliphatic heterocycles. The molecule has 3 heteroatoms. The van der Waals surface area contributed by atoms with Crippen LogP contribution in [-0.2, 0) is 4.74 Å². The van der Waals surface area contributed by atoms with Gasteiger partial charge in [-0.1, -0.05) is 39.8 Å². The van der Waals surface area contributed by atoms with Crippen molar-refractivity contribution in [2.24, 2.45) is 5.41 Å². The quantitative estimate of drug-likeness (QED) is 0.734. The molecule has 0 bridgehead atoms. The fraction of sp³-hybridized carbons (Fsp3) is 0.647. The molecule has 114 valence electrons. The molecule has 20 heavy (non-hydrogen) atoms. The minimum Gasteiger partial charge on any atom is -0.497 e. The van der Waals surface area contributed by atoms with Crippen LogP contribution < -0.4 is 10.1 Å². The summed E-state index contributed by atoms with van der Waals surface area (Å²) in [7, 11) is 1.69. The van der Waals surface area contributed by atoms with Crippen molar-refractivity contribution in [2.45, 2.75) is 40.2 Å². The highest BCUT2D eigenvalue weighted by atomic mass is 16.5. The van der Waals surface area contributed by atoms with Crippen LogP contribution in [0.2, 0.25) is 0 Å². The van der Waals surface area contributed by atoms with Crippen LogP contribution in [0.4, 0.5) is 0 Å². The molecule has 0 heterocycles. The summed E-state index contributed by atoms with van der Waals surface area (Å²) in [6, 6.07) is 8.42. The number of methoxy groups -OCH3 is 1. The molecule has 1 unspecified atom stereocenters. The Morgan fingerprint density at radius 2 is 1.80 bits per heavy atom. The van der Waals surface area contributed by atoms with E-state index < -0.39 is 0 Å². The molecular weight excluding hydrogens is 250 g/mol. The van der Waals surface area contributed by atoms with Crippen molar-refractivity contribution < 1.29 is 9.47 Å². The smallest absolute Gasteiger partial charge is 0.118 e. The third kappa shape index (κ3) is 6.40. The topological polar surface area (TPSA) is 30.5 Å². The van der Waals surface area contributed by atoms with Crippen molar-refractivity contribution in [3.05, 3.63) is 29.8 Å². The highest BCUT2D eigenvalue weighted by Gasteiger charge is 2.13. The van der Waals surface area contributed by atoms with Gasteiger partial charge in [-0.3, -0.25) is 0 Å². The number of nitrogens with one attached hydrogen (secondary N) is 1. The zero-order valence-electron chi connectivity index (χ0n) is 13.5. The van der Waals surface area contributed by atoms with Gasteiger partial charge >= 0.3 is 0 Å². The molecule has 1 atom stereocenters. The summed E-state index contributed by atoms with van der Waals surface area (Å²) in [5.74, 6) is 0.887. The van der Waals surface area contributed by atoms with E-state index in [0.717, 1.165) is 25.3 Å². The van der Waals surface area contributed by atoms with Gasteiger partial charge in [-0.15, -0.1) is 0 Å². The Labute approximate surface area is 123 Å². The van der Waals surface area contributed by atoms with Crippen LogP contribution in [0.25, 0.3) is 0 Å². The molecule has 0 aromatic heterocycles. The summed E-state index contributed by atoms with van der Waals surface area (Å²) in [4.78, 5) is 0. The van der Waals surface area contributed by atoms with Crippen LogP contribution in [0.5, 0.6) is 5.75 Å². The molecule has 3 nitrogen and oxygen atoms in total. The highest BCUT2D eigenvalue weighted by molar-refractivity contribution is 5.29. The van der Waals surface area contributed by atoms with Crippen LogP contribution >= 0.6 is 0 Å². The molecule has 0 spiro atoms. The van der Waals surface area contributed by atoms with Crippen LogP contribution in [0.3, 0.4) is 0 Å². The van der Waals surface area contributed by atoms with Crippen molar-refractivity contribution in [3.8, 4) is 5.75 Å². The van der Waals surface area contributed by atoms with Gasteiger partial charge in [0.25, 0.3) is 0 Å². The van der Waals surface area contributed by atoms with Gasteiger partial charge < -0.3 is 14.8 Å². The van der Waals surface area contributed by atoms with Gasteiger partial charge in [0.2, 0.25) is 0 Å². The van der Waals surface area contributed by atoms with Gasteiger partial charge in [-0.25, -0.2) is 0 Å². The molecule has 0 saturated heterocycles. The first kappa shape index (κ1) is 17.0. The van der Waals surface area contributed by atoms with E-state index >= 15 is 0 Å². The maximum Gasteiger partial charge on any atom is 0.118 e. The first-order valence-electron chi connectivity index (χ1n) is 7.41. The highest BCUT2D eigenvalue weighted by Crippen LogP contribution is 2.20. The second kappa shape index (κ2) is 8.28. The first-order chi connectivity index (χ1) is 9.46. The summed E-state index contributed by atoms with van der Waals surface area (Å²) in [6.07, 6.45) is 1.08. The molecule has 0 radical (unpaired) electrons. The maximum absolute atomic E-state index is 5.84. The van der Waals surface area contributed by atoms with Gasteiger partial charge in [0.05, 0.1) is 19.8 Å². The van der Waals surface area contributed by atoms with Crippen molar-refractivity contribution in [1.29, 1.82) is 0 Å². The Bertz CT molecular complexity index is 368. The fourth-order valence-corrected chi connectivity index (χ4v) is 1.94. The second-order valence-electron chi connectivity index (χ2n) is 6.27. The normalized spacial score (nSPS) is 13.2. The molecule has 0 saturated carbocycles. The molecule has 0 amide bonds. The van der Waals surface area contributed by atoms with Gasteiger partial charge in [0, 0.05) is 6.61 Å². The first-order valence-corrected chi connectivity index (χ1v) is 7.41. The largest absolute Gasteiger partial charge is 0.497 e. The van der Waals surface area contributed by atoms with E-state index in [9.17, 15) is 0 Å². The predicted octanol–water partition coefficient (Wildman–Crippen LogP) is 3.80. The molecule has 0 aliphatic carbocycles. The summed E-state index contributed by atoms with van der Waals surface area (Å²) in [5.41, 5.74) is 1.57. The molecule has 1 rings (SSSR count). The van der Waals surface area contributed by atoms with E-state index in [0.29, 0.717) is 12.0 Å². The van der Waals surface area contributed by atoms with Gasteiger partial charge in [-0.05, 0) is 36.1 Å². The van der Waals surface area contributed by atoms with E-state index in [2.05, 4.69) is 45.1 Å². The van der Waals surface area contributed by atoms with Gasteiger partial charge in [0.15, 0.2) is 0 Å². The number of ether oxygens (including phenoxy) is 2. The Morgan fingerprint density at radius 1 is 1.15 bits per heavy atom. The Morgan fingerprint density at radius 3 is 2.30 bits per heavy atom. The maximum atomic E-state index is 5.84. The summed E-state index contributed by atoms with van der Waals surface area (Å²) in [5, 5.41) is 3.47. The summed E-state index contributed by atoms with van der Waals surface area (Å²) in [6.45, 7) is 11.3.